The van der Waals surface area contributed by atoms with Gasteiger partial charge in [0.25, 0.3) is 0 Å². The Morgan fingerprint density at radius 3 is 2.42 bits per heavy atom. The van der Waals surface area contributed by atoms with Crippen LogP contribution in [0.15, 0.2) is 47.5 Å². The van der Waals surface area contributed by atoms with E-state index in [9.17, 15) is 0 Å². The number of aliphatic imine (C=N–C) groups is 1. The highest BCUT2D eigenvalue weighted by atomic mass is 127. The molecule has 0 bridgehead atoms. The Kier molecular flexibility index (Phi) is 6.75. The van der Waals surface area contributed by atoms with Crippen molar-refractivity contribution >= 4 is 35.6 Å². The quantitative estimate of drug-likeness (QED) is 0.404. The van der Waals surface area contributed by atoms with Crippen LogP contribution in [0.5, 0.6) is 11.5 Å². The van der Waals surface area contributed by atoms with Crippen LogP contribution in [0.2, 0.25) is 0 Å². The molecule has 0 radical (unpaired) electrons. The predicted molar refractivity (Wildman–Crippen MR) is 117 cm³/mol. The van der Waals surface area contributed by atoms with E-state index < -0.39 is 0 Å². The molecule has 1 aliphatic heterocycles. The first kappa shape index (κ1) is 20.4. The van der Waals surface area contributed by atoms with Crippen molar-refractivity contribution in [1.29, 1.82) is 0 Å². The summed E-state index contributed by atoms with van der Waals surface area (Å²) in [5, 5.41) is 3.13. The Hall–Kier alpha value is -1.96. The number of hydrogen-bond acceptors (Lipinski definition) is 3. The molecule has 6 heteroatoms. The molecular formula is C20H26IN3O2. The maximum Gasteiger partial charge on any atom is 0.193 e. The van der Waals surface area contributed by atoms with Crippen molar-refractivity contribution < 1.29 is 9.47 Å². The molecule has 3 rings (SSSR count). The second kappa shape index (κ2) is 8.62. The number of nitrogens with zero attached hydrogens (tertiary/aromatic N) is 1. The number of guanidine groups is 1. The van der Waals surface area contributed by atoms with Gasteiger partial charge in [0.05, 0.1) is 6.54 Å². The number of nitrogens with two attached hydrogens (primary N) is 1. The molecule has 3 N–H and O–H groups in total. The molecule has 5 nitrogen and oxygen atoms in total. The fourth-order valence-corrected chi connectivity index (χ4v) is 2.66. The van der Waals surface area contributed by atoms with Crippen LogP contribution in [-0.4, -0.2) is 25.7 Å². The van der Waals surface area contributed by atoms with Crippen molar-refractivity contribution in [3.8, 4) is 11.5 Å². The van der Waals surface area contributed by atoms with E-state index in [0.717, 1.165) is 22.7 Å². The summed E-state index contributed by atoms with van der Waals surface area (Å²) >= 11 is 0. The molecule has 0 fully saturated rings. The molecule has 2 aromatic carbocycles. The fraction of sp³-hybridized carbons (Fsp3) is 0.350. The summed E-state index contributed by atoms with van der Waals surface area (Å²) in [5.41, 5.74) is 9.15. The Labute approximate surface area is 172 Å². The second-order valence-corrected chi connectivity index (χ2v) is 6.93. The number of benzene rings is 2. The maximum absolute atomic E-state index is 6.03. The molecule has 0 aromatic heterocycles. The van der Waals surface area contributed by atoms with Gasteiger partial charge in [-0.15, -0.1) is 24.0 Å². The first-order valence-electron chi connectivity index (χ1n) is 8.48. The normalized spacial score (nSPS) is 13.7. The fourth-order valence-electron chi connectivity index (χ4n) is 2.66. The van der Waals surface area contributed by atoms with Crippen LogP contribution in [-0.2, 0) is 5.41 Å². The van der Waals surface area contributed by atoms with Crippen molar-refractivity contribution in [3.63, 3.8) is 0 Å². The number of aryl methyl sites for hydroxylation is 1. The van der Waals surface area contributed by atoms with E-state index in [1.165, 1.54) is 5.56 Å². The second-order valence-electron chi connectivity index (χ2n) is 6.93. The third-order valence-electron chi connectivity index (χ3n) is 4.29. The van der Waals surface area contributed by atoms with Gasteiger partial charge in [-0.25, -0.2) is 0 Å². The van der Waals surface area contributed by atoms with Gasteiger partial charge in [-0.3, -0.25) is 4.99 Å². The van der Waals surface area contributed by atoms with Crippen molar-refractivity contribution in [1.82, 2.24) is 0 Å². The SMILES string of the molecule is Cc1ccc(NC(N)=NCC(C)(C)c2ccc3c(c2)OCCO3)cc1.I. The van der Waals surface area contributed by atoms with Crippen molar-refractivity contribution in [2.45, 2.75) is 26.2 Å². The van der Waals surface area contributed by atoms with Gasteiger partial charge in [-0.1, -0.05) is 37.6 Å². The van der Waals surface area contributed by atoms with E-state index in [1.54, 1.807) is 0 Å². The molecule has 140 valence electrons. The lowest BCUT2D eigenvalue weighted by Crippen LogP contribution is -2.28. The zero-order valence-corrected chi connectivity index (χ0v) is 17.7. The van der Waals surface area contributed by atoms with Crippen molar-refractivity contribution in [2.24, 2.45) is 10.7 Å². The van der Waals surface area contributed by atoms with E-state index in [2.05, 4.69) is 37.1 Å². The van der Waals surface area contributed by atoms with Crippen LogP contribution in [0.4, 0.5) is 5.69 Å². The highest BCUT2D eigenvalue weighted by Gasteiger charge is 2.23. The molecule has 0 atom stereocenters. The van der Waals surface area contributed by atoms with Crippen LogP contribution in [0.25, 0.3) is 0 Å². The summed E-state index contributed by atoms with van der Waals surface area (Å²) in [6.07, 6.45) is 0. The Balaban J connectivity index is 0.00000243. The van der Waals surface area contributed by atoms with Gasteiger partial charge in [0.2, 0.25) is 0 Å². The van der Waals surface area contributed by atoms with Gasteiger partial charge in [-0.05, 0) is 36.8 Å². The van der Waals surface area contributed by atoms with E-state index in [4.69, 9.17) is 15.2 Å². The lowest BCUT2D eigenvalue weighted by molar-refractivity contribution is 0.171. The third-order valence-corrected chi connectivity index (χ3v) is 4.29. The van der Waals surface area contributed by atoms with Crippen LogP contribution < -0.4 is 20.5 Å². The highest BCUT2D eigenvalue weighted by molar-refractivity contribution is 14.0. The average Bonchev–Trinajstić information content (AvgIpc) is 2.62. The maximum atomic E-state index is 6.03. The van der Waals surface area contributed by atoms with Gasteiger partial charge in [0.15, 0.2) is 17.5 Å². The Morgan fingerprint density at radius 1 is 1.08 bits per heavy atom. The molecule has 0 unspecified atom stereocenters. The molecule has 0 spiro atoms. The zero-order valence-electron chi connectivity index (χ0n) is 15.4. The van der Waals surface area contributed by atoms with Gasteiger partial charge in [0, 0.05) is 11.1 Å². The topological polar surface area (TPSA) is 68.9 Å². The Morgan fingerprint density at radius 2 is 1.73 bits per heavy atom. The monoisotopic (exact) mass is 467 g/mol. The summed E-state index contributed by atoms with van der Waals surface area (Å²) in [6, 6.07) is 14.1. The molecule has 1 heterocycles. The van der Waals surface area contributed by atoms with Gasteiger partial charge >= 0.3 is 0 Å². The molecule has 0 saturated carbocycles. The minimum atomic E-state index is -0.171. The largest absolute Gasteiger partial charge is 0.486 e. The molecular weight excluding hydrogens is 441 g/mol. The number of anilines is 1. The van der Waals surface area contributed by atoms with Gasteiger partial charge < -0.3 is 20.5 Å². The number of halogens is 1. The number of ether oxygens (including phenoxy) is 2. The standard InChI is InChI=1S/C20H25N3O2.HI/c1-14-4-7-16(8-5-14)23-19(21)22-13-20(2,3)15-6-9-17-18(12-15)25-11-10-24-17;/h4-9,12H,10-11,13H2,1-3H3,(H3,21,22,23);1H. The minimum Gasteiger partial charge on any atom is -0.486 e. The first-order chi connectivity index (χ1) is 11.9. The summed E-state index contributed by atoms with van der Waals surface area (Å²) < 4.78 is 11.3. The van der Waals surface area contributed by atoms with Crippen LogP contribution >= 0.6 is 24.0 Å². The summed E-state index contributed by atoms with van der Waals surface area (Å²) in [7, 11) is 0. The van der Waals surface area contributed by atoms with E-state index >= 15 is 0 Å². The third kappa shape index (κ3) is 5.03. The first-order valence-corrected chi connectivity index (χ1v) is 8.48. The average molecular weight is 467 g/mol. The van der Waals surface area contributed by atoms with Crippen molar-refractivity contribution in [3.05, 3.63) is 53.6 Å². The summed E-state index contributed by atoms with van der Waals surface area (Å²) in [6.45, 7) is 8.08. The van der Waals surface area contributed by atoms with E-state index in [-0.39, 0.29) is 29.4 Å². The van der Waals surface area contributed by atoms with Crippen LogP contribution in [0, 0.1) is 6.92 Å². The minimum absolute atomic E-state index is 0. The molecule has 0 amide bonds. The number of nitrogens with one attached hydrogen (secondary N) is 1. The Bertz CT molecular complexity index is 773. The lowest BCUT2D eigenvalue weighted by atomic mass is 9.84. The predicted octanol–water partition coefficient (Wildman–Crippen LogP) is 4.09. The summed E-state index contributed by atoms with van der Waals surface area (Å²) in [4.78, 5) is 4.51. The zero-order chi connectivity index (χ0) is 17.9. The van der Waals surface area contributed by atoms with E-state index in [1.807, 2.05) is 36.4 Å². The van der Waals surface area contributed by atoms with Crippen molar-refractivity contribution in [2.75, 3.05) is 25.1 Å². The number of fused-ring (bicyclic) bond motifs is 1. The van der Waals surface area contributed by atoms with Gasteiger partial charge in [0.1, 0.15) is 13.2 Å². The number of rotatable bonds is 4. The van der Waals surface area contributed by atoms with Gasteiger partial charge in [-0.2, -0.15) is 0 Å². The molecule has 0 saturated heterocycles. The summed E-state index contributed by atoms with van der Waals surface area (Å²) in [5.74, 6) is 2.01. The van der Waals surface area contributed by atoms with Crippen LogP contribution in [0.3, 0.4) is 0 Å². The van der Waals surface area contributed by atoms with E-state index in [0.29, 0.717) is 25.7 Å². The molecule has 0 aliphatic carbocycles. The lowest BCUT2D eigenvalue weighted by Gasteiger charge is -2.26. The smallest absolute Gasteiger partial charge is 0.193 e. The molecule has 26 heavy (non-hydrogen) atoms. The molecule has 2 aromatic rings. The number of hydrogen-bond donors (Lipinski definition) is 2. The highest BCUT2D eigenvalue weighted by Crippen LogP contribution is 2.35. The van der Waals surface area contributed by atoms with Crippen LogP contribution in [0.1, 0.15) is 25.0 Å². The molecule has 1 aliphatic rings.